The minimum atomic E-state index is -2.90. The van der Waals surface area contributed by atoms with Crippen LogP contribution in [-0.4, -0.2) is 6.16 Å². The van der Waals surface area contributed by atoms with E-state index < -0.39 is 5.31 Å². The molecule has 0 amide bonds. The Balaban J connectivity index is 2.03. The molecule has 0 fully saturated rings. The zero-order valence-corrected chi connectivity index (χ0v) is 20.6. The number of halogens is 1. The van der Waals surface area contributed by atoms with Gasteiger partial charge in [0.1, 0.15) is 0 Å². The van der Waals surface area contributed by atoms with E-state index in [4.69, 9.17) is 0 Å². The van der Waals surface area contributed by atoms with Crippen LogP contribution in [0.15, 0.2) is 115 Å². The number of benzene rings is 4. The van der Waals surface area contributed by atoms with Gasteiger partial charge in [-0.25, -0.2) is 0 Å². The molecule has 0 radical (unpaired) electrons. The van der Waals surface area contributed by atoms with E-state index in [0.29, 0.717) is 0 Å². The maximum absolute atomic E-state index is 4.63. The van der Waals surface area contributed by atoms with Crippen LogP contribution in [0.3, 0.4) is 0 Å². The van der Waals surface area contributed by atoms with Crippen LogP contribution in [0.2, 0.25) is 0 Å². The van der Waals surface area contributed by atoms with E-state index in [1.54, 1.807) is 0 Å². The van der Waals surface area contributed by atoms with E-state index in [9.17, 15) is 0 Å². The summed E-state index contributed by atoms with van der Waals surface area (Å²) >= 11 is 4.63. The van der Waals surface area contributed by atoms with Gasteiger partial charge in [0.05, 0.1) is 0 Å². The molecular formula is C29H30BrP. The Morgan fingerprint density at radius 3 is 1.61 bits per heavy atom. The third-order valence-corrected chi connectivity index (χ3v) is 16.2. The van der Waals surface area contributed by atoms with Crippen molar-refractivity contribution in [3.63, 3.8) is 0 Å². The monoisotopic (exact) mass is 488 g/mol. The summed E-state index contributed by atoms with van der Waals surface area (Å²) in [6.45, 7) is 2.27. The van der Waals surface area contributed by atoms with Crippen LogP contribution in [0.25, 0.3) is 0 Å². The fourth-order valence-corrected chi connectivity index (χ4v) is 12.8. The second-order valence-corrected chi connectivity index (χ2v) is 17.2. The first-order valence-corrected chi connectivity index (χ1v) is 15.6. The standard InChI is InChI=1S/C29H30BrP/c1-2-14-26-17-12-13-22-29(26)31(30,27-18-8-4-9-19-27,28-20-10-5-11-21-28)24-23-25-15-6-3-7-16-25/h3-13,15-22H,2,14,23-24H2,1H3. The van der Waals surface area contributed by atoms with Crippen molar-refractivity contribution in [2.24, 2.45) is 0 Å². The fraction of sp³-hybridized carbons (Fsp3) is 0.172. The number of hydrogen-bond donors (Lipinski definition) is 0. The molecule has 0 heterocycles. The SMILES string of the molecule is CCCc1ccccc1P(Br)(CCc1ccccc1)(c1ccccc1)c1ccccc1. The molecule has 0 atom stereocenters. The molecule has 4 rings (SSSR count). The summed E-state index contributed by atoms with van der Waals surface area (Å²) in [4.78, 5) is 0. The molecule has 0 saturated carbocycles. The third kappa shape index (κ3) is 4.14. The van der Waals surface area contributed by atoms with Crippen molar-refractivity contribution in [1.82, 2.24) is 0 Å². The van der Waals surface area contributed by atoms with Crippen molar-refractivity contribution < 1.29 is 0 Å². The van der Waals surface area contributed by atoms with Gasteiger partial charge in [0.2, 0.25) is 0 Å². The second-order valence-electron chi connectivity index (χ2n) is 8.19. The Morgan fingerprint density at radius 1 is 0.581 bits per heavy atom. The zero-order valence-electron chi connectivity index (χ0n) is 18.1. The molecule has 31 heavy (non-hydrogen) atoms. The molecular weight excluding hydrogens is 459 g/mol. The van der Waals surface area contributed by atoms with Gasteiger partial charge in [0, 0.05) is 0 Å². The number of rotatable bonds is 8. The fourth-order valence-electron chi connectivity index (χ4n) is 4.71. The van der Waals surface area contributed by atoms with E-state index in [1.165, 1.54) is 27.0 Å². The molecule has 2 heteroatoms. The van der Waals surface area contributed by atoms with Crippen LogP contribution in [0.5, 0.6) is 0 Å². The molecule has 0 bridgehead atoms. The predicted molar refractivity (Wildman–Crippen MR) is 143 cm³/mol. The summed E-state index contributed by atoms with van der Waals surface area (Å²) in [6.07, 6.45) is 4.29. The van der Waals surface area contributed by atoms with Gasteiger partial charge in [0.25, 0.3) is 0 Å². The molecule has 0 aliphatic carbocycles. The topological polar surface area (TPSA) is 0 Å². The minimum absolute atomic E-state index is 1.02. The Labute approximate surface area is 195 Å². The Morgan fingerprint density at radius 2 is 1.06 bits per heavy atom. The van der Waals surface area contributed by atoms with E-state index in [0.717, 1.165) is 25.4 Å². The molecule has 0 aromatic heterocycles. The van der Waals surface area contributed by atoms with E-state index in [1.807, 2.05) is 0 Å². The summed E-state index contributed by atoms with van der Waals surface area (Å²) < 4.78 is 0. The van der Waals surface area contributed by atoms with Crippen molar-refractivity contribution in [2.75, 3.05) is 6.16 Å². The molecule has 158 valence electrons. The zero-order chi connectivity index (χ0) is 21.6. The van der Waals surface area contributed by atoms with Crippen molar-refractivity contribution in [3.05, 3.63) is 126 Å². The van der Waals surface area contributed by atoms with Crippen LogP contribution in [0.1, 0.15) is 24.5 Å². The first-order chi connectivity index (χ1) is 15.2. The van der Waals surface area contributed by atoms with Gasteiger partial charge < -0.3 is 0 Å². The molecule has 4 aromatic rings. The summed E-state index contributed by atoms with van der Waals surface area (Å²) in [5.41, 5.74) is 2.84. The van der Waals surface area contributed by atoms with Crippen molar-refractivity contribution in [2.45, 2.75) is 26.2 Å². The average Bonchev–Trinajstić information content (AvgIpc) is 2.85. The van der Waals surface area contributed by atoms with Crippen LogP contribution in [-0.2, 0) is 12.8 Å². The van der Waals surface area contributed by atoms with Crippen LogP contribution < -0.4 is 15.9 Å². The molecule has 0 saturated heterocycles. The van der Waals surface area contributed by atoms with Crippen LogP contribution in [0, 0.1) is 0 Å². The summed E-state index contributed by atoms with van der Waals surface area (Å²) in [7, 11) is 0. The van der Waals surface area contributed by atoms with Gasteiger partial charge in [-0.05, 0) is 0 Å². The normalized spacial score (nSPS) is 12.8. The van der Waals surface area contributed by atoms with Gasteiger partial charge in [-0.15, -0.1) is 0 Å². The number of hydrogen-bond acceptors (Lipinski definition) is 0. The summed E-state index contributed by atoms with van der Waals surface area (Å²) in [6, 6.07) is 42.3. The second kappa shape index (κ2) is 9.51. The molecule has 0 aliphatic rings. The Kier molecular flexibility index (Phi) is 6.75. The Hall–Kier alpha value is -2.21. The summed E-state index contributed by atoms with van der Waals surface area (Å²) in [5, 5.41) is 1.38. The maximum atomic E-state index is 4.63. The molecule has 0 nitrogen and oxygen atoms in total. The quantitative estimate of drug-likeness (QED) is 0.233. The molecule has 0 unspecified atom stereocenters. The van der Waals surface area contributed by atoms with E-state index >= 15 is 0 Å². The van der Waals surface area contributed by atoms with Crippen LogP contribution in [0.4, 0.5) is 0 Å². The van der Waals surface area contributed by atoms with Crippen molar-refractivity contribution in [1.29, 1.82) is 0 Å². The molecule has 4 aromatic carbocycles. The van der Waals surface area contributed by atoms with Gasteiger partial charge in [0.15, 0.2) is 0 Å². The van der Waals surface area contributed by atoms with E-state index in [-0.39, 0.29) is 0 Å². The third-order valence-electron chi connectivity index (χ3n) is 6.27. The van der Waals surface area contributed by atoms with Gasteiger partial charge in [-0.1, -0.05) is 0 Å². The van der Waals surface area contributed by atoms with Gasteiger partial charge in [-0.3, -0.25) is 0 Å². The van der Waals surface area contributed by atoms with Crippen molar-refractivity contribution in [3.8, 4) is 0 Å². The van der Waals surface area contributed by atoms with Gasteiger partial charge >= 0.3 is 195 Å². The average molecular weight is 489 g/mol. The number of aryl methyl sites for hydroxylation is 2. The Bertz CT molecular complexity index is 1070. The summed E-state index contributed by atoms with van der Waals surface area (Å²) in [5.74, 6) is 0. The van der Waals surface area contributed by atoms with Crippen LogP contribution >= 0.6 is 20.8 Å². The van der Waals surface area contributed by atoms with Crippen molar-refractivity contribution >= 4 is 36.7 Å². The molecule has 0 N–H and O–H groups in total. The first-order valence-electron chi connectivity index (χ1n) is 11.1. The predicted octanol–water partition coefficient (Wildman–Crippen LogP) is 7.02. The van der Waals surface area contributed by atoms with E-state index in [2.05, 4.69) is 138 Å². The first kappa shape index (κ1) is 22.0. The molecule has 0 spiro atoms. The van der Waals surface area contributed by atoms with Gasteiger partial charge in [-0.2, -0.15) is 0 Å². The molecule has 0 aliphatic heterocycles.